The lowest BCUT2D eigenvalue weighted by atomic mass is 10.1. The summed E-state index contributed by atoms with van der Waals surface area (Å²) < 4.78 is 39.8. The number of aromatic amines is 1. The van der Waals surface area contributed by atoms with Crippen molar-refractivity contribution in [3.63, 3.8) is 0 Å². The third-order valence-electron chi connectivity index (χ3n) is 4.07. The van der Waals surface area contributed by atoms with Gasteiger partial charge in [-0.1, -0.05) is 0 Å². The van der Waals surface area contributed by atoms with E-state index >= 15 is 0 Å². The van der Waals surface area contributed by atoms with Gasteiger partial charge in [0.15, 0.2) is 0 Å². The molecule has 2 heterocycles. The highest BCUT2D eigenvalue weighted by Crippen LogP contribution is 2.35. The number of hydrogen-bond donors (Lipinski definition) is 1. The summed E-state index contributed by atoms with van der Waals surface area (Å²) in [5.41, 5.74) is 0.482. The number of hydrogen-bond acceptors (Lipinski definition) is 3. The van der Waals surface area contributed by atoms with Gasteiger partial charge in [0.1, 0.15) is 11.3 Å². The summed E-state index contributed by atoms with van der Waals surface area (Å²) in [6.45, 7) is 5.83. The number of nitrogens with one attached hydrogen (secondary N) is 1. The Labute approximate surface area is 126 Å². The van der Waals surface area contributed by atoms with E-state index in [0.717, 1.165) is 26.2 Å². The van der Waals surface area contributed by atoms with E-state index in [2.05, 4.69) is 26.8 Å². The van der Waals surface area contributed by atoms with Crippen LogP contribution in [0, 0.1) is 6.92 Å². The van der Waals surface area contributed by atoms with E-state index in [1.807, 2.05) is 0 Å². The second kappa shape index (κ2) is 5.55. The second-order valence-electron chi connectivity index (χ2n) is 5.94. The zero-order valence-electron chi connectivity index (χ0n) is 12.7. The van der Waals surface area contributed by atoms with Crippen molar-refractivity contribution in [2.24, 2.45) is 0 Å². The number of imidazole rings is 1. The van der Waals surface area contributed by atoms with Crippen LogP contribution in [0.25, 0.3) is 11.0 Å². The average molecular weight is 312 g/mol. The molecule has 1 N–H and O–H groups in total. The van der Waals surface area contributed by atoms with Crippen molar-refractivity contribution in [3.05, 3.63) is 29.1 Å². The van der Waals surface area contributed by atoms with Crippen molar-refractivity contribution in [3.8, 4) is 0 Å². The lowest BCUT2D eigenvalue weighted by Gasteiger charge is -2.32. The van der Waals surface area contributed by atoms with E-state index in [-0.39, 0.29) is 5.52 Å². The van der Waals surface area contributed by atoms with Crippen LogP contribution in [0.1, 0.15) is 17.0 Å². The van der Waals surface area contributed by atoms with E-state index in [1.165, 1.54) is 6.07 Å². The SMILES string of the molecule is Cc1nc2c(C(F)(F)F)cc(CN3CCN(C)CC3)cc2[nH]1. The molecule has 2 aromatic rings. The number of likely N-dealkylation sites (N-methyl/N-ethyl adjacent to an activating group) is 1. The largest absolute Gasteiger partial charge is 0.418 e. The molecule has 1 fully saturated rings. The van der Waals surface area contributed by atoms with Crippen molar-refractivity contribution in [1.29, 1.82) is 0 Å². The maximum absolute atomic E-state index is 13.3. The van der Waals surface area contributed by atoms with Crippen molar-refractivity contribution >= 4 is 11.0 Å². The normalized spacial score (nSPS) is 18.2. The number of benzene rings is 1. The zero-order valence-corrected chi connectivity index (χ0v) is 12.7. The summed E-state index contributed by atoms with van der Waals surface area (Å²) in [4.78, 5) is 11.3. The molecule has 22 heavy (non-hydrogen) atoms. The van der Waals surface area contributed by atoms with Gasteiger partial charge < -0.3 is 9.88 Å². The predicted octanol–water partition coefficient (Wildman–Crippen LogP) is 2.64. The summed E-state index contributed by atoms with van der Waals surface area (Å²) in [6.07, 6.45) is -4.39. The van der Waals surface area contributed by atoms with Gasteiger partial charge in [0, 0.05) is 32.7 Å². The molecule has 3 rings (SSSR count). The van der Waals surface area contributed by atoms with Crippen LogP contribution in [0.2, 0.25) is 0 Å². The lowest BCUT2D eigenvalue weighted by Crippen LogP contribution is -2.43. The van der Waals surface area contributed by atoms with Gasteiger partial charge in [0.25, 0.3) is 0 Å². The number of piperazine rings is 1. The summed E-state index contributed by atoms with van der Waals surface area (Å²) in [6, 6.07) is 3.02. The third kappa shape index (κ3) is 3.10. The molecule has 0 atom stereocenters. The van der Waals surface area contributed by atoms with Gasteiger partial charge in [-0.15, -0.1) is 0 Å². The van der Waals surface area contributed by atoms with Gasteiger partial charge >= 0.3 is 6.18 Å². The van der Waals surface area contributed by atoms with Crippen LogP contribution in [-0.4, -0.2) is 53.0 Å². The molecule has 0 unspecified atom stereocenters. The van der Waals surface area contributed by atoms with Gasteiger partial charge in [-0.05, 0) is 31.7 Å². The Kier molecular flexibility index (Phi) is 3.86. The predicted molar refractivity (Wildman–Crippen MR) is 78.6 cm³/mol. The number of alkyl halides is 3. The number of halogens is 3. The zero-order chi connectivity index (χ0) is 15.9. The monoisotopic (exact) mass is 312 g/mol. The van der Waals surface area contributed by atoms with Gasteiger partial charge in [0.05, 0.1) is 11.1 Å². The Morgan fingerprint density at radius 1 is 1.18 bits per heavy atom. The second-order valence-corrected chi connectivity index (χ2v) is 5.94. The quantitative estimate of drug-likeness (QED) is 0.926. The van der Waals surface area contributed by atoms with Crippen molar-refractivity contribution in [2.75, 3.05) is 33.2 Å². The molecule has 1 saturated heterocycles. The fraction of sp³-hybridized carbons (Fsp3) is 0.533. The molecule has 4 nitrogen and oxygen atoms in total. The highest BCUT2D eigenvalue weighted by atomic mass is 19.4. The van der Waals surface area contributed by atoms with Crippen LogP contribution in [-0.2, 0) is 12.7 Å². The lowest BCUT2D eigenvalue weighted by molar-refractivity contribution is -0.136. The Morgan fingerprint density at radius 3 is 2.50 bits per heavy atom. The molecule has 0 bridgehead atoms. The van der Waals surface area contributed by atoms with Crippen molar-refractivity contribution in [2.45, 2.75) is 19.6 Å². The first kappa shape index (κ1) is 15.3. The van der Waals surface area contributed by atoms with E-state index in [9.17, 15) is 13.2 Å². The van der Waals surface area contributed by atoms with Crippen LogP contribution in [0.5, 0.6) is 0 Å². The molecule has 0 spiro atoms. The maximum atomic E-state index is 13.3. The molecule has 0 aliphatic carbocycles. The topological polar surface area (TPSA) is 35.2 Å². The Hall–Kier alpha value is -1.60. The molecule has 0 amide bonds. The number of fused-ring (bicyclic) bond motifs is 1. The molecular formula is C15H19F3N4. The fourth-order valence-corrected chi connectivity index (χ4v) is 2.87. The van der Waals surface area contributed by atoms with E-state index < -0.39 is 11.7 Å². The number of H-pyrrole nitrogens is 1. The molecule has 1 aliphatic heterocycles. The molecule has 1 aliphatic rings. The Morgan fingerprint density at radius 2 is 1.86 bits per heavy atom. The van der Waals surface area contributed by atoms with Gasteiger partial charge in [-0.2, -0.15) is 13.2 Å². The van der Waals surface area contributed by atoms with Crippen molar-refractivity contribution < 1.29 is 13.2 Å². The molecule has 0 radical (unpaired) electrons. The standard InChI is InChI=1S/C15H19F3N4/c1-10-19-13-8-11(9-22-5-3-21(2)4-6-22)7-12(14(13)20-10)15(16,17)18/h7-8H,3-6,9H2,1-2H3,(H,19,20). The molecule has 1 aromatic carbocycles. The van der Waals surface area contributed by atoms with E-state index in [4.69, 9.17) is 0 Å². The number of aromatic nitrogens is 2. The summed E-state index contributed by atoms with van der Waals surface area (Å²) in [5.74, 6) is 0.497. The van der Waals surface area contributed by atoms with Crippen LogP contribution in [0.3, 0.4) is 0 Å². The molecule has 7 heteroatoms. The van der Waals surface area contributed by atoms with Crippen molar-refractivity contribution in [1.82, 2.24) is 19.8 Å². The minimum Gasteiger partial charge on any atom is -0.342 e. The summed E-state index contributed by atoms with van der Waals surface area (Å²) in [7, 11) is 2.05. The number of rotatable bonds is 2. The molecular weight excluding hydrogens is 293 g/mol. The van der Waals surface area contributed by atoms with E-state index in [1.54, 1.807) is 13.0 Å². The summed E-state index contributed by atoms with van der Waals surface area (Å²) in [5, 5.41) is 0. The number of nitrogens with zero attached hydrogens (tertiary/aromatic N) is 3. The van der Waals surface area contributed by atoms with E-state index in [0.29, 0.717) is 23.4 Å². The minimum atomic E-state index is -4.39. The first-order valence-electron chi connectivity index (χ1n) is 7.30. The number of aryl methyl sites for hydroxylation is 1. The summed E-state index contributed by atoms with van der Waals surface area (Å²) >= 11 is 0. The highest BCUT2D eigenvalue weighted by Gasteiger charge is 2.34. The third-order valence-corrected chi connectivity index (χ3v) is 4.07. The smallest absolute Gasteiger partial charge is 0.342 e. The van der Waals surface area contributed by atoms with Crippen LogP contribution in [0.15, 0.2) is 12.1 Å². The maximum Gasteiger partial charge on any atom is 0.418 e. The first-order valence-corrected chi connectivity index (χ1v) is 7.30. The molecule has 1 aromatic heterocycles. The molecule has 0 saturated carbocycles. The van der Waals surface area contributed by atoms with Gasteiger partial charge in [-0.25, -0.2) is 4.98 Å². The van der Waals surface area contributed by atoms with Gasteiger partial charge in [-0.3, -0.25) is 4.90 Å². The van der Waals surface area contributed by atoms with Crippen LogP contribution < -0.4 is 0 Å². The van der Waals surface area contributed by atoms with Crippen LogP contribution >= 0.6 is 0 Å². The highest BCUT2D eigenvalue weighted by molar-refractivity contribution is 5.80. The Bertz CT molecular complexity index is 669. The van der Waals surface area contributed by atoms with Crippen LogP contribution in [0.4, 0.5) is 13.2 Å². The Balaban J connectivity index is 1.93. The molecule has 120 valence electrons. The van der Waals surface area contributed by atoms with Gasteiger partial charge in [0.2, 0.25) is 0 Å². The fourth-order valence-electron chi connectivity index (χ4n) is 2.87. The first-order chi connectivity index (χ1) is 10.3. The minimum absolute atomic E-state index is 0.00660. The average Bonchev–Trinajstić information content (AvgIpc) is 2.79.